The number of benzene rings is 2. The van der Waals surface area contributed by atoms with Crippen LogP contribution < -0.4 is 16.4 Å². The minimum Gasteiger partial charge on any atom is -0.364 e. The van der Waals surface area contributed by atoms with E-state index in [1.54, 1.807) is 24.3 Å². The zero-order chi connectivity index (χ0) is 27.4. The van der Waals surface area contributed by atoms with E-state index in [4.69, 9.17) is 17.3 Å². The second kappa shape index (κ2) is 11.5. The third-order valence-corrected chi connectivity index (χ3v) is 7.96. The van der Waals surface area contributed by atoms with E-state index in [2.05, 4.69) is 15.6 Å². The summed E-state index contributed by atoms with van der Waals surface area (Å²) in [5, 5.41) is 5.35. The van der Waals surface area contributed by atoms with Crippen LogP contribution in [0.3, 0.4) is 0 Å². The molecular weight excluding hydrogens is 539 g/mol. The monoisotopic (exact) mass is 564 g/mol. The van der Waals surface area contributed by atoms with Crippen molar-refractivity contribution in [2.75, 3.05) is 43.0 Å². The highest BCUT2D eigenvalue weighted by molar-refractivity contribution is 8.24. The van der Waals surface area contributed by atoms with Crippen molar-refractivity contribution in [3.8, 4) is 5.69 Å². The number of anilines is 1. The van der Waals surface area contributed by atoms with Gasteiger partial charge in [-0.3, -0.25) is 33.0 Å². The van der Waals surface area contributed by atoms with Gasteiger partial charge in [-0.1, -0.05) is 11.6 Å². The van der Waals surface area contributed by atoms with E-state index in [0.717, 1.165) is 12.1 Å². The van der Waals surface area contributed by atoms with Crippen LogP contribution in [-0.4, -0.2) is 79.0 Å². The molecule has 0 unspecified atom stereocenters. The lowest BCUT2D eigenvalue weighted by molar-refractivity contribution is 0.0926. The maximum Gasteiger partial charge on any atom is 0.272 e. The quantitative estimate of drug-likeness (QED) is 0.281. The second-order valence-corrected chi connectivity index (χ2v) is 11.4. The Morgan fingerprint density at radius 3 is 2.39 bits per heavy atom. The smallest absolute Gasteiger partial charge is 0.272 e. The lowest BCUT2D eigenvalue weighted by Crippen LogP contribution is -2.42. The number of hydrogen-bond acceptors (Lipinski definition) is 7. The molecule has 0 aliphatic carbocycles. The summed E-state index contributed by atoms with van der Waals surface area (Å²) in [6, 6.07) is 9.79. The van der Waals surface area contributed by atoms with Crippen LogP contribution in [0.1, 0.15) is 31.3 Å². The summed E-state index contributed by atoms with van der Waals surface area (Å²) in [4.78, 5) is 43.5. The number of carbonyl (C=O) groups excluding carboxylic acids is 3. The average Bonchev–Trinajstić information content (AvgIpc) is 3.31. The molecule has 14 heteroatoms. The highest BCUT2D eigenvalue weighted by Crippen LogP contribution is 2.40. The van der Waals surface area contributed by atoms with Crippen molar-refractivity contribution < 1.29 is 27.9 Å². The molecule has 202 valence electrons. The average molecular weight is 565 g/mol. The molecule has 0 bridgehead atoms. The van der Waals surface area contributed by atoms with Gasteiger partial charge in [0.2, 0.25) is 0 Å². The van der Waals surface area contributed by atoms with E-state index in [1.807, 2.05) is 4.90 Å². The van der Waals surface area contributed by atoms with Crippen molar-refractivity contribution in [2.24, 2.45) is 5.73 Å². The van der Waals surface area contributed by atoms with Gasteiger partial charge in [0, 0.05) is 37.6 Å². The molecule has 1 fully saturated rings. The van der Waals surface area contributed by atoms with Gasteiger partial charge in [0.1, 0.15) is 17.8 Å². The SMILES string of the molecule is NC(=O)c1c(C(=O)NCCN2CCS(O)(O)CC2)ncn1-c1ccc(NC(=O)c2ccc(F)cc2Cl)cc1. The molecule has 0 radical (unpaired) electrons. The lowest BCUT2D eigenvalue weighted by Gasteiger charge is -2.40. The summed E-state index contributed by atoms with van der Waals surface area (Å²) in [7, 11) is -2.50. The van der Waals surface area contributed by atoms with E-state index in [0.29, 0.717) is 42.5 Å². The van der Waals surface area contributed by atoms with Crippen molar-refractivity contribution in [2.45, 2.75) is 0 Å². The fourth-order valence-corrected chi connectivity index (χ4v) is 5.48. The second-order valence-electron chi connectivity index (χ2n) is 8.61. The molecule has 1 aliphatic rings. The van der Waals surface area contributed by atoms with Gasteiger partial charge in [-0.15, -0.1) is 0 Å². The van der Waals surface area contributed by atoms with Crippen LogP contribution in [0.2, 0.25) is 5.02 Å². The molecule has 1 saturated heterocycles. The minimum absolute atomic E-state index is 0.0243. The Morgan fingerprint density at radius 1 is 1.08 bits per heavy atom. The summed E-state index contributed by atoms with van der Waals surface area (Å²) < 4.78 is 34.0. The van der Waals surface area contributed by atoms with Gasteiger partial charge in [0.25, 0.3) is 17.7 Å². The summed E-state index contributed by atoms with van der Waals surface area (Å²) in [6.45, 7) is 1.82. The Morgan fingerprint density at radius 2 is 1.76 bits per heavy atom. The molecule has 2 aromatic carbocycles. The number of amides is 3. The number of nitrogens with zero attached hydrogens (tertiary/aromatic N) is 3. The zero-order valence-corrected chi connectivity index (χ0v) is 21.6. The molecule has 4 rings (SSSR count). The summed E-state index contributed by atoms with van der Waals surface area (Å²) in [5.41, 5.74) is 6.31. The number of halogens is 2. The molecule has 0 spiro atoms. The van der Waals surface area contributed by atoms with Crippen molar-refractivity contribution in [3.63, 3.8) is 0 Å². The highest BCUT2D eigenvalue weighted by atomic mass is 35.5. The Hall–Kier alpha value is -3.49. The maximum absolute atomic E-state index is 13.2. The number of carbonyl (C=O) groups is 3. The summed E-state index contributed by atoms with van der Waals surface area (Å²) >= 11 is 5.94. The first-order chi connectivity index (χ1) is 18.0. The highest BCUT2D eigenvalue weighted by Gasteiger charge is 2.24. The molecule has 1 aromatic heterocycles. The van der Waals surface area contributed by atoms with Crippen LogP contribution in [0.25, 0.3) is 5.69 Å². The Kier molecular flexibility index (Phi) is 8.33. The topological polar surface area (TPSA) is 163 Å². The lowest BCUT2D eigenvalue weighted by atomic mass is 10.2. The van der Waals surface area contributed by atoms with E-state index in [1.165, 1.54) is 17.0 Å². The van der Waals surface area contributed by atoms with Crippen molar-refractivity contribution in [1.29, 1.82) is 0 Å². The fourth-order valence-electron chi connectivity index (χ4n) is 3.92. The molecule has 0 atom stereocenters. The van der Waals surface area contributed by atoms with Crippen LogP contribution in [0.4, 0.5) is 10.1 Å². The third kappa shape index (κ3) is 6.49. The molecule has 38 heavy (non-hydrogen) atoms. The van der Waals surface area contributed by atoms with Crippen LogP contribution in [0.5, 0.6) is 0 Å². The first kappa shape index (κ1) is 27.5. The van der Waals surface area contributed by atoms with Gasteiger partial charge in [-0.25, -0.2) is 9.37 Å². The van der Waals surface area contributed by atoms with Gasteiger partial charge in [0.05, 0.1) is 22.1 Å². The number of rotatable bonds is 8. The van der Waals surface area contributed by atoms with Crippen LogP contribution in [0, 0.1) is 5.82 Å². The zero-order valence-electron chi connectivity index (χ0n) is 20.1. The molecule has 1 aliphatic heterocycles. The molecule has 6 N–H and O–H groups in total. The van der Waals surface area contributed by atoms with Crippen molar-refractivity contribution in [1.82, 2.24) is 19.8 Å². The number of nitrogens with one attached hydrogen (secondary N) is 2. The predicted octanol–water partition coefficient (Wildman–Crippen LogP) is 2.81. The molecule has 3 aromatic rings. The van der Waals surface area contributed by atoms with Gasteiger partial charge in [-0.05, 0) is 42.5 Å². The van der Waals surface area contributed by atoms with E-state index < -0.39 is 34.1 Å². The van der Waals surface area contributed by atoms with E-state index in [9.17, 15) is 27.9 Å². The van der Waals surface area contributed by atoms with Gasteiger partial charge in [-0.2, -0.15) is 10.6 Å². The summed E-state index contributed by atoms with van der Waals surface area (Å²) in [6.07, 6.45) is 1.30. The number of primary amides is 1. The maximum atomic E-state index is 13.2. The van der Waals surface area contributed by atoms with Crippen molar-refractivity contribution >= 4 is 45.6 Å². The third-order valence-electron chi connectivity index (χ3n) is 5.98. The minimum atomic E-state index is -2.50. The Labute approximate surface area is 224 Å². The first-order valence-corrected chi connectivity index (χ1v) is 13.8. The van der Waals surface area contributed by atoms with Crippen molar-refractivity contribution in [3.05, 3.63) is 76.6 Å². The number of hydrogen-bond donors (Lipinski definition) is 5. The normalized spacial score (nSPS) is 16.0. The van der Waals surface area contributed by atoms with Gasteiger partial charge in [0.15, 0.2) is 5.69 Å². The van der Waals surface area contributed by atoms with Gasteiger partial charge >= 0.3 is 0 Å². The van der Waals surface area contributed by atoms with E-state index in [-0.39, 0.29) is 28.5 Å². The molecule has 3 amide bonds. The Bertz CT molecular complexity index is 1360. The number of imidazole rings is 1. The number of aromatic nitrogens is 2. The standard InChI is InChI=1S/C24H26ClFN6O5S/c25-19-13-15(26)1-6-18(19)23(34)30-16-2-4-17(5-3-16)32-14-29-20(21(32)22(27)33)24(35)28-7-8-31-9-11-38(36,37)12-10-31/h1-6,13-14,36-37H,7-12H2,(H2,27,33)(H,28,35)(H,30,34). The molecular formula is C24H26ClFN6O5S. The molecule has 0 saturated carbocycles. The molecule has 2 heterocycles. The predicted molar refractivity (Wildman–Crippen MR) is 143 cm³/mol. The van der Waals surface area contributed by atoms with Crippen LogP contribution >= 0.6 is 22.2 Å². The van der Waals surface area contributed by atoms with Crippen LogP contribution in [0.15, 0.2) is 48.8 Å². The first-order valence-electron chi connectivity index (χ1n) is 11.5. The molecule has 11 nitrogen and oxygen atoms in total. The van der Waals surface area contributed by atoms with Gasteiger partial charge < -0.3 is 16.4 Å². The number of nitrogens with two attached hydrogens (primary N) is 1. The fraction of sp³-hybridized carbons (Fsp3) is 0.250. The largest absolute Gasteiger partial charge is 0.364 e. The van der Waals surface area contributed by atoms with E-state index >= 15 is 0 Å². The summed E-state index contributed by atoms with van der Waals surface area (Å²) in [5.74, 6) is -1.89. The van der Waals surface area contributed by atoms with Crippen LogP contribution in [-0.2, 0) is 0 Å². The Balaban J connectivity index is 1.41.